The van der Waals surface area contributed by atoms with Crippen molar-refractivity contribution >= 4 is 48.9 Å². The number of likely N-dealkylation sites (tertiary alicyclic amines) is 1. The molecule has 3 aromatic rings. The van der Waals surface area contributed by atoms with Gasteiger partial charge in [-0.3, -0.25) is 14.6 Å². The standard InChI is InChI=1S/C29H31BrN6O4S/c1-35-12-7-20(8-13-35)36-17-19-16-24-18(14-21(19)29(36)38)15-25(34-24)27-23(6-9-32-28(27)37)31-10-11-33-41(39,40)26-5-3-2-4-22(26)30/h2-6,9,14,16,20,33H,7-8,10-13,15,17H2,1H3,(H2,31,32,37). The van der Waals surface area contributed by atoms with E-state index >= 15 is 0 Å². The molecule has 41 heavy (non-hydrogen) atoms. The van der Waals surface area contributed by atoms with Crippen molar-refractivity contribution in [3.63, 3.8) is 0 Å². The molecule has 1 aromatic heterocycles. The number of hydrogen-bond acceptors (Lipinski definition) is 7. The lowest BCUT2D eigenvalue weighted by atomic mass is 10.00. The van der Waals surface area contributed by atoms with Crippen LogP contribution in [0.4, 0.5) is 11.4 Å². The molecule has 0 bridgehead atoms. The zero-order chi connectivity index (χ0) is 28.7. The molecule has 2 aromatic carbocycles. The maximum atomic E-state index is 13.3. The third-order valence-corrected chi connectivity index (χ3v) is 10.5. The van der Waals surface area contributed by atoms with Crippen LogP contribution in [-0.4, -0.2) is 74.1 Å². The lowest BCUT2D eigenvalue weighted by molar-refractivity contribution is 0.0617. The maximum Gasteiger partial charge on any atom is 0.259 e. The first kappa shape index (κ1) is 27.8. The highest BCUT2D eigenvalue weighted by atomic mass is 79.9. The molecular weight excluding hydrogens is 608 g/mol. The van der Waals surface area contributed by atoms with Crippen molar-refractivity contribution in [2.45, 2.75) is 36.7 Å². The van der Waals surface area contributed by atoms with Crippen molar-refractivity contribution in [3.05, 3.63) is 85.7 Å². The Kier molecular flexibility index (Phi) is 7.58. The van der Waals surface area contributed by atoms with Gasteiger partial charge in [0.25, 0.3) is 11.5 Å². The summed E-state index contributed by atoms with van der Waals surface area (Å²) in [5, 5.41) is 3.19. The summed E-state index contributed by atoms with van der Waals surface area (Å²) in [6.07, 6.45) is 3.94. The monoisotopic (exact) mass is 638 g/mol. The third-order valence-electron chi connectivity index (χ3n) is 7.99. The van der Waals surface area contributed by atoms with Crippen molar-refractivity contribution < 1.29 is 13.2 Å². The van der Waals surface area contributed by atoms with Gasteiger partial charge < -0.3 is 20.1 Å². The first-order valence-corrected chi connectivity index (χ1v) is 15.9. The fourth-order valence-corrected chi connectivity index (χ4v) is 7.84. The quantitative estimate of drug-likeness (QED) is 0.325. The Labute approximate surface area is 247 Å². The van der Waals surface area contributed by atoms with Crippen molar-refractivity contribution in [1.29, 1.82) is 0 Å². The number of fused-ring (bicyclic) bond motifs is 2. The average Bonchev–Trinajstić information content (AvgIpc) is 3.50. The van der Waals surface area contributed by atoms with Crippen LogP contribution in [0.5, 0.6) is 0 Å². The molecule has 1 amide bonds. The summed E-state index contributed by atoms with van der Waals surface area (Å²) in [6.45, 7) is 2.96. The van der Waals surface area contributed by atoms with Gasteiger partial charge in [0.2, 0.25) is 10.0 Å². The smallest absolute Gasteiger partial charge is 0.259 e. The Bertz CT molecular complexity index is 1710. The van der Waals surface area contributed by atoms with Crippen LogP contribution in [0.25, 0.3) is 0 Å². The van der Waals surface area contributed by atoms with E-state index in [1.165, 1.54) is 6.07 Å². The van der Waals surface area contributed by atoms with E-state index in [2.05, 4.69) is 42.9 Å². The summed E-state index contributed by atoms with van der Waals surface area (Å²) < 4.78 is 28.4. The molecule has 3 aliphatic rings. The number of rotatable bonds is 8. The molecule has 0 atom stereocenters. The molecule has 1 fully saturated rings. The largest absolute Gasteiger partial charge is 0.383 e. The van der Waals surface area contributed by atoms with Gasteiger partial charge in [0.05, 0.1) is 27.5 Å². The first-order chi connectivity index (χ1) is 19.7. The van der Waals surface area contributed by atoms with E-state index in [1.807, 2.05) is 17.0 Å². The SMILES string of the molecule is CN1CCC(N2Cc3cc4c(cc3C2=O)CC(c2c(NCCNS(=O)(=O)c3ccccc3Br)cc[nH]c2=O)=N4)CC1. The zero-order valence-corrected chi connectivity index (χ0v) is 25.0. The predicted molar refractivity (Wildman–Crippen MR) is 162 cm³/mol. The fourth-order valence-electron chi connectivity index (χ4n) is 5.81. The van der Waals surface area contributed by atoms with E-state index < -0.39 is 10.0 Å². The summed E-state index contributed by atoms with van der Waals surface area (Å²) in [4.78, 5) is 38.3. The lowest BCUT2D eigenvalue weighted by Gasteiger charge is -2.34. The molecule has 3 N–H and O–H groups in total. The van der Waals surface area contributed by atoms with Crippen LogP contribution >= 0.6 is 15.9 Å². The number of H-pyrrole nitrogens is 1. The number of benzene rings is 2. The van der Waals surface area contributed by atoms with Crippen molar-refractivity contribution in [2.24, 2.45) is 4.99 Å². The molecular formula is C29H31BrN6O4S. The number of halogens is 1. The Hall–Kier alpha value is -3.32. The number of carbonyl (C=O) groups excluding carboxylic acids is 1. The Morgan fingerprint density at radius 1 is 1.07 bits per heavy atom. The number of pyridine rings is 1. The van der Waals surface area contributed by atoms with Crippen LogP contribution < -0.4 is 15.6 Å². The normalized spacial score (nSPS) is 17.5. The van der Waals surface area contributed by atoms with Crippen molar-refractivity contribution in [1.82, 2.24) is 19.5 Å². The summed E-state index contributed by atoms with van der Waals surface area (Å²) in [5.74, 6) is 0.0794. The number of sulfonamides is 1. The zero-order valence-electron chi connectivity index (χ0n) is 22.6. The van der Waals surface area contributed by atoms with Crippen LogP contribution in [0.1, 0.15) is 39.9 Å². The van der Waals surface area contributed by atoms with Gasteiger partial charge in [-0.25, -0.2) is 13.1 Å². The number of nitrogens with zero attached hydrogens (tertiary/aromatic N) is 3. The van der Waals surface area contributed by atoms with Gasteiger partial charge >= 0.3 is 0 Å². The number of aromatic amines is 1. The van der Waals surface area contributed by atoms with E-state index in [0.717, 1.165) is 48.3 Å². The molecule has 0 unspecified atom stereocenters. The van der Waals surface area contributed by atoms with Gasteiger partial charge in [0.15, 0.2) is 0 Å². The highest BCUT2D eigenvalue weighted by molar-refractivity contribution is 9.10. The van der Waals surface area contributed by atoms with Gasteiger partial charge in [0.1, 0.15) is 0 Å². The molecule has 0 radical (unpaired) electrons. The number of aromatic nitrogens is 1. The van der Waals surface area contributed by atoms with E-state index in [1.54, 1.807) is 30.5 Å². The molecule has 12 heteroatoms. The Balaban J connectivity index is 1.16. The highest BCUT2D eigenvalue weighted by Crippen LogP contribution is 2.37. The minimum absolute atomic E-state index is 0.0794. The minimum Gasteiger partial charge on any atom is -0.383 e. The van der Waals surface area contributed by atoms with Crippen LogP contribution in [-0.2, 0) is 23.0 Å². The average molecular weight is 640 g/mol. The summed E-state index contributed by atoms with van der Waals surface area (Å²) in [6, 6.07) is 12.6. The molecule has 214 valence electrons. The van der Waals surface area contributed by atoms with Gasteiger partial charge in [-0.05, 0) is 90.4 Å². The highest BCUT2D eigenvalue weighted by Gasteiger charge is 2.35. The summed E-state index contributed by atoms with van der Waals surface area (Å²) >= 11 is 3.28. The number of anilines is 1. The van der Waals surface area contributed by atoms with E-state index in [4.69, 9.17) is 4.99 Å². The molecule has 0 spiro atoms. The predicted octanol–water partition coefficient (Wildman–Crippen LogP) is 3.25. The third kappa shape index (κ3) is 5.49. The van der Waals surface area contributed by atoms with Crippen molar-refractivity contribution in [2.75, 3.05) is 38.5 Å². The van der Waals surface area contributed by atoms with Crippen LogP contribution in [0.2, 0.25) is 0 Å². The van der Waals surface area contributed by atoms with Crippen LogP contribution in [0.15, 0.2) is 67.8 Å². The number of amides is 1. The molecule has 3 aliphatic heterocycles. The maximum absolute atomic E-state index is 13.3. The number of carbonyl (C=O) groups is 1. The molecule has 6 rings (SSSR count). The van der Waals surface area contributed by atoms with Gasteiger partial charge in [-0.1, -0.05) is 12.1 Å². The summed E-state index contributed by atoms with van der Waals surface area (Å²) in [5.41, 5.74) is 4.73. The van der Waals surface area contributed by atoms with E-state index in [9.17, 15) is 18.0 Å². The molecule has 0 aliphatic carbocycles. The second-order valence-corrected chi connectivity index (χ2v) is 13.3. The topological polar surface area (TPSA) is 127 Å². The Morgan fingerprint density at radius 3 is 2.63 bits per heavy atom. The number of hydrogen-bond donors (Lipinski definition) is 3. The van der Waals surface area contributed by atoms with Crippen LogP contribution in [0.3, 0.4) is 0 Å². The molecule has 0 saturated carbocycles. The number of nitrogens with one attached hydrogen (secondary N) is 3. The summed E-state index contributed by atoms with van der Waals surface area (Å²) in [7, 11) is -1.59. The minimum atomic E-state index is -3.70. The number of piperidine rings is 1. The lowest BCUT2D eigenvalue weighted by Crippen LogP contribution is -2.43. The second kappa shape index (κ2) is 11.2. The molecule has 10 nitrogen and oxygen atoms in total. The van der Waals surface area contributed by atoms with Gasteiger partial charge in [0, 0.05) is 48.3 Å². The number of aliphatic imine (C=N–C) groups is 1. The van der Waals surface area contributed by atoms with E-state index in [-0.39, 0.29) is 35.5 Å². The fraction of sp³-hybridized carbons (Fsp3) is 0.345. The van der Waals surface area contributed by atoms with Gasteiger partial charge in [-0.2, -0.15) is 0 Å². The van der Waals surface area contributed by atoms with Gasteiger partial charge in [-0.15, -0.1) is 0 Å². The Morgan fingerprint density at radius 2 is 1.85 bits per heavy atom. The van der Waals surface area contributed by atoms with Crippen LogP contribution in [0, 0.1) is 0 Å². The molecule has 4 heterocycles. The second-order valence-electron chi connectivity index (χ2n) is 10.7. The first-order valence-electron chi connectivity index (χ1n) is 13.6. The van der Waals surface area contributed by atoms with Crippen molar-refractivity contribution in [3.8, 4) is 0 Å². The van der Waals surface area contributed by atoms with E-state index in [0.29, 0.717) is 34.4 Å². The molecule has 1 saturated heterocycles.